The van der Waals surface area contributed by atoms with Gasteiger partial charge in [0.15, 0.2) is 0 Å². The number of anilines is 1. The first-order chi connectivity index (χ1) is 10.1. The molecule has 0 fully saturated rings. The van der Waals surface area contributed by atoms with Crippen molar-refractivity contribution in [2.24, 2.45) is 0 Å². The molecule has 3 nitrogen and oxygen atoms in total. The SMILES string of the molecule is OCc1ccc(Cl)c(NCCOc2ccc(Cl)cc2Br)c1. The van der Waals surface area contributed by atoms with Crippen molar-refractivity contribution in [3.8, 4) is 5.75 Å². The Labute approximate surface area is 142 Å². The van der Waals surface area contributed by atoms with Crippen LogP contribution in [0.4, 0.5) is 5.69 Å². The summed E-state index contributed by atoms with van der Waals surface area (Å²) in [5.74, 6) is 0.733. The van der Waals surface area contributed by atoms with Crippen molar-refractivity contribution >= 4 is 44.8 Å². The fourth-order valence-corrected chi connectivity index (χ4v) is 2.73. The molecular weight excluding hydrogens is 377 g/mol. The van der Waals surface area contributed by atoms with Crippen molar-refractivity contribution in [1.82, 2.24) is 0 Å². The lowest BCUT2D eigenvalue weighted by Crippen LogP contribution is -2.12. The van der Waals surface area contributed by atoms with E-state index in [4.69, 9.17) is 33.0 Å². The third-order valence-corrected chi connectivity index (χ3v) is 3.97. The highest BCUT2D eigenvalue weighted by atomic mass is 79.9. The third kappa shape index (κ3) is 4.78. The molecule has 112 valence electrons. The molecule has 0 aliphatic carbocycles. The first-order valence-corrected chi connectivity index (χ1v) is 7.86. The normalized spacial score (nSPS) is 10.5. The highest BCUT2D eigenvalue weighted by Crippen LogP contribution is 2.28. The number of hydrogen-bond acceptors (Lipinski definition) is 3. The van der Waals surface area contributed by atoms with Crippen LogP contribution in [0, 0.1) is 0 Å². The van der Waals surface area contributed by atoms with Crippen LogP contribution in [-0.4, -0.2) is 18.3 Å². The molecule has 2 N–H and O–H groups in total. The molecule has 0 heterocycles. The van der Waals surface area contributed by atoms with E-state index < -0.39 is 0 Å². The molecule has 0 saturated carbocycles. The fourth-order valence-electron chi connectivity index (χ4n) is 1.75. The maximum Gasteiger partial charge on any atom is 0.133 e. The largest absolute Gasteiger partial charge is 0.491 e. The van der Waals surface area contributed by atoms with E-state index in [-0.39, 0.29) is 6.61 Å². The first kappa shape index (κ1) is 16.4. The van der Waals surface area contributed by atoms with Gasteiger partial charge in [-0.25, -0.2) is 0 Å². The molecule has 0 bridgehead atoms. The van der Waals surface area contributed by atoms with Gasteiger partial charge < -0.3 is 15.2 Å². The predicted molar refractivity (Wildman–Crippen MR) is 90.5 cm³/mol. The second kappa shape index (κ2) is 7.90. The maximum atomic E-state index is 9.11. The summed E-state index contributed by atoms with van der Waals surface area (Å²) in [5, 5.41) is 13.6. The summed E-state index contributed by atoms with van der Waals surface area (Å²) >= 11 is 15.4. The van der Waals surface area contributed by atoms with E-state index in [9.17, 15) is 0 Å². The van der Waals surface area contributed by atoms with Crippen LogP contribution in [0.1, 0.15) is 5.56 Å². The van der Waals surface area contributed by atoms with Gasteiger partial charge in [-0.05, 0) is 51.8 Å². The van der Waals surface area contributed by atoms with E-state index in [0.29, 0.717) is 23.2 Å². The number of aliphatic hydroxyl groups is 1. The Morgan fingerprint density at radius 2 is 1.95 bits per heavy atom. The first-order valence-electron chi connectivity index (χ1n) is 6.31. The van der Waals surface area contributed by atoms with E-state index >= 15 is 0 Å². The summed E-state index contributed by atoms with van der Waals surface area (Å²) in [6, 6.07) is 10.7. The van der Waals surface area contributed by atoms with E-state index in [2.05, 4.69) is 21.2 Å². The van der Waals surface area contributed by atoms with E-state index in [1.165, 1.54) is 0 Å². The lowest BCUT2D eigenvalue weighted by atomic mass is 10.2. The molecule has 0 radical (unpaired) electrons. The van der Waals surface area contributed by atoms with Crippen LogP contribution in [0.5, 0.6) is 5.75 Å². The minimum absolute atomic E-state index is 0.0138. The number of rotatable bonds is 6. The van der Waals surface area contributed by atoms with Gasteiger partial charge in [-0.15, -0.1) is 0 Å². The fraction of sp³-hybridized carbons (Fsp3) is 0.200. The third-order valence-electron chi connectivity index (χ3n) is 2.78. The molecular formula is C15H14BrCl2NO2. The minimum atomic E-state index is -0.0138. The molecule has 2 rings (SSSR count). The number of aliphatic hydroxyl groups excluding tert-OH is 1. The van der Waals surface area contributed by atoms with Gasteiger partial charge in [-0.1, -0.05) is 29.3 Å². The Morgan fingerprint density at radius 1 is 1.14 bits per heavy atom. The van der Waals surface area contributed by atoms with Crippen molar-refractivity contribution in [3.63, 3.8) is 0 Å². The number of nitrogens with one attached hydrogen (secondary N) is 1. The Hall–Kier alpha value is -0.940. The molecule has 0 aliphatic heterocycles. The van der Waals surface area contributed by atoms with Gasteiger partial charge >= 0.3 is 0 Å². The lowest BCUT2D eigenvalue weighted by molar-refractivity contribution is 0.282. The van der Waals surface area contributed by atoms with Gasteiger partial charge in [-0.3, -0.25) is 0 Å². The molecule has 0 unspecified atom stereocenters. The van der Waals surface area contributed by atoms with Gasteiger partial charge in [0.05, 0.1) is 21.8 Å². The zero-order valence-corrected chi connectivity index (χ0v) is 14.2. The summed E-state index contributed by atoms with van der Waals surface area (Å²) in [4.78, 5) is 0. The van der Waals surface area contributed by atoms with Crippen LogP contribution in [0.3, 0.4) is 0 Å². The summed E-state index contributed by atoms with van der Waals surface area (Å²) in [5.41, 5.74) is 1.59. The quantitative estimate of drug-likeness (QED) is 0.700. The molecule has 0 aromatic heterocycles. The molecule has 0 atom stereocenters. The highest BCUT2D eigenvalue weighted by Gasteiger charge is 2.03. The molecule has 2 aromatic rings. The van der Waals surface area contributed by atoms with Crippen LogP contribution < -0.4 is 10.1 Å². The highest BCUT2D eigenvalue weighted by molar-refractivity contribution is 9.10. The number of benzene rings is 2. The Balaban J connectivity index is 1.87. The zero-order chi connectivity index (χ0) is 15.2. The monoisotopic (exact) mass is 389 g/mol. The van der Waals surface area contributed by atoms with Crippen molar-refractivity contribution in [2.75, 3.05) is 18.5 Å². The second-order valence-corrected chi connectivity index (χ2v) is 6.02. The Morgan fingerprint density at radius 3 is 2.67 bits per heavy atom. The van der Waals surface area contributed by atoms with Crippen LogP contribution in [0.25, 0.3) is 0 Å². The van der Waals surface area contributed by atoms with E-state index in [0.717, 1.165) is 21.5 Å². The van der Waals surface area contributed by atoms with Crippen molar-refractivity contribution < 1.29 is 9.84 Å². The van der Waals surface area contributed by atoms with Crippen LogP contribution in [0.15, 0.2) is 40.9 Å². The van der Waals surface area contributed by atoms with Gasteiger partial charge in [-0.2, -0.15) is 0 Å². The lowest BCUT2D eigenvalue weighted by Gasteiger charge is -2.12. The number of hydrogen-bond donors (Lipinski definition) is 2. The van der Waals surface area contributed by atoms with E-state index in [1.807, 2.05) is 12.1 Å². The Kier molecular flexibility index (Phi) is 6.18. The van der Waals surface area contributed by atoms with Gasteiger partial charge in [0.2, 0.25) is 0 Å². The van der Waals surface area contributed by atoms with Gasteiger partial charge in [0, 0.05) is 11.6 Å². The summed E-state index contributed by atoms with van der Waals surface area (Å²) in [6.07, 6.45) is 0. The van der Waals surface area contributed by atoms with Crippen LogP contribution in [0.2, 0.25) is 10.0 Å². The summed E-state index contributed by atoms with van der Waals surface area (Å²) < 4.78 is 6.46. The molecule has 6 heteroatoms. The van der Waals surface area contributed by atoms with Gasteiger partial charge in [0.25, 0.3) is 0 Å². The molecule has 2 aromatic carbocycles. The van der Waals surface area contributed by atoms with Gasteiger partial charge in [0.1, 0.15) is 12.4 Å². The Bertz CT molecular complexity index is 623. The van der Waals surface area contributed by atoms with Crippen molar-refractivity contribution in [3.05, 3.63) is 56.5 Å². The molecule has 0 amide bonds. The topological polar surface area (TPSA) is 41.5 Å². The average molecular weight is 391 g/mol. The standard InChI is InChI=1S/C15H14BrCl2NO2/c16-12-8-11(17)2-4-15(12)21-6-5-19-14-7-10(9-20)1-3-13(14)18/h1-4,7-8,19-20H,5-6,9H2. The smallest absolute Gasteiger partial charge is 0.133 e. The van der Waals surface area contributed by atoms with Crippen molar-refractivity contribution in [1.29, 1.82) is 0 Å². The minimum Gasteiger partial charge on any atom is -0.491 e. The molecule has 0 spiro atoms. The number of halogens is 3. The van der Waals surface area contributed by atoms with E-state index in [1.54, 1.807) is 24.3 Å². The summed E-state index contributed by atoms with van der Waals surface area (Å²) in [7, 11) is 0. The van der Waals surface area contributed by atoms with Crippen LogP contribution >= 0.6 is 39.1 Å². The second-order valence-electron chi connectivity index (χ2n) is 4.32. The van der Waals surface area contributed by atoms with Crippen LogP contribution in [-0.2, 0) is 6.61 Å². The predicted octanol–water partition coefficient (Wildman–Crippen LogP) is 4.74. The molecule has 0 aliphatic rings. The zero-order valence-electron chi connectivity index (χ0n) is 11.1. The number of ether oxygens (including phenoxy) is 1. The maximum absolute atomic E-state index is 9.11. The molecule has 0 saturated heterocycles. The van der Waals surface area contributed by atoms with Crippen molar-refractivity contribution in [2.45, 2.75) is 6.61 Å². The average Bonchev–Trinajstić information content (AvgIpc) is 2.47. The summed E-state index contributed by atoms with van der Waals surface area (Å²) in [6.45, 7) is 1.05. The molecule has 21 heavy (non-hydrogen) atoms.